The van der Waals surface area contributed by atoms with Crippen LogP contribution in [0.3, 0.4) is 0 Å². The van der Waals surface area contributed by atoms with Crippen molar-refractivity contribution in [2.45, 2.75) is 13.5 Å². The normalized spacial score (nSPS) is 10.4. The maximum atomic E-state index is 5.70. The quantitative estimate of drug-likeness (QED) is 0.943. The summed E-state index contributed by atoms with van der Waals surface area (Å²) in [5.41, 5.74) is 2.07. The highest BCUT2D eigenvalue weighted by molar-refractivity contribution is 9.10. The van der Waals surface area contributed by atoms with Crippen LogP contribution in [-0.2, 0) is 6.54 Å². The van der Waals surface area contributed by atoms with Gasteiger partial charge in [0.25, 0.3) is 0 Å². The number of hydrogen-bond acceptors (Lipinski definition) is 4. The molecule has 0 aliphatic carbocycles. The molecular formula is C13H14BrN3O. The lowest BCUT2D eigenvalue weighted by atomic mass is 10.2. The van der Waals surface area contributed by atoms with Gasteiger partial charge in [0, 0.05) is 29.0 Å². The molecule has 0 radical (unpaired) electrons. The Kier molecular flexibility index (Phi) is 4.28. The maximum absolute atomic E-state index is 5.70. The van der Waals surface area contributed by atoms with Gasteiger partial charge in [0.05, 0.1) is 6.20 Å². The van der Waals surface area contributed by atoms with Gasteiger partial charge in [-0.1, -0.05) is 0 Å². The third kappa shape index (κ3) is 3.51. The summed E-state index contributed by atoms with van der Waals surface area (Å²) in [4.78, 5) is 8.40. The van der Waals surface area contributed by atoms with Crippen molar-refractivity contribution in [2.24, 2.45) is 0 Å². The van der Waals surface area contributed by atoms with E-state index in [0.717, 1.165) is 22.3 Å². The lowest BCUT2D eigenvalue weighted by molar-refractivity contribution is 0.458. The van der Waals surface area contributed by atoms with E-state index >= 15 is 0 Å². The van der Waals surface area contributed by atoms with E-state index in [1.54, 1.807) is 12.4 Å². The van der Waals surface area contributed by atoms with Gasteiger partial charge < -0.3 is 10.1 Å². The smallest absolute Gasteiger partial charge is 0.219 e. The number of nitrogens with zero attached hydrogens (tertiary/aromatic N) is 2. The molecule has 0 aliphatic rings. The largest absolute Gasteiger partial charge is 0.437 e. The Morgan fingerprint density at radius 1 is 1.28 bits per heavy atom. The molecule has 2 rings (SSSR count). The van der Waals surface area contributed by atoms with Gasteiger partial charge in [0.2, 0.25) is 5.88 Å². The fourth-order valence-electron chi connectivity index (χ4n) is 1.63. The second kappa shape index (κ2) is 5.93. The first-order valence-electron chi connectivity index (χ1n) is 5.58. The minimum Gasteiger partial charge on any atom is -0.437 e. The van der Waals surface area contributed by atoms with Crippen LogP contribution in [0, 0.1) is 6.92 Å². The summed E-state index contributed by atoms with van der Waals surface area (Å²) in [5.74, 6) is 1.25. The topological polar surface area (TPSA) is 47.0 Å². The van der Waals surface area contributed by atoms with Crippen LogP contribution < -0.4 is 10.1 Å². The van der Waals surface area contributed by atoms with Gasteiger partial charge in [-0.2, -0.15) is 0 Å². The van der Waals surface area contributed by atoms with Gasteiger partial charge in [-0.3, -0.25) is 4.98 Å². The van der Waals surface area contributed by atoms with Crippen LogP contribution in [0.5, 0.6) is 11.6 Å². The highest BCUT2D eigenvalue weighted by atomic mass is 79.9. The molecule has 0 unspecified atom stereocenters. The molecule has 0 saturated heterocycles. The van der Waals surface area contributed by atoms with Crippen molar-refractivity contribution in [2.75, 3.05) is 7.05 Å². The number of aryl methyl sites for hydroxylation is 1. The van der Waals surface area contributed by atoms with Crippen LogP contribution in [0.1, 0.15) is 11.3 Å². The molecule has 4 nitrogen and oxygen atoms in total. The first-order chi connectivity index (χ1) is 8.67. The molecule has 94 valence electrons. The predicted molar refractivity (Wildman–Crippen MR) is 73.7 cm³/mol. The van der Waals surface area contributed by atoms with E-state index in [4.69, 9.17) is 4.74 Å². The molecule has 0 atom stereocenters. The van der Waals surface area contributed by atoms with Crippen LogP contribution in [0.25, 0.3) is 0 Å². The van der Waals surface area contributed by atoms with Crippen LogP contribution in [0.2, 0.25) is 0 Å². The van der Waals surface area contributed by atoms with Crippen molar-refractivity contribution in [3.05, 3.63) is 46.3 Å². The number of halogens is 1. The molecule has 18 heavy (non-hydrogen) atoms. The number of ether oxygens (including phenoxy) is 1. The number of pyridine rings is 2. The Balaban J connectivity index is 2.23. The molecule has 1 N–H and O–H groups in total. The summed E-state index contributed by atoms with van der Waals surface area (Å²) in [6.07, 6.45) is 3.37. The summed E-state index contributed by atoms with van der Waals surface area (Å²) in [6.45, 7) is 2.74. The van der Waals surface area contributed by atoms with Crippen molar-refractivity contribution >= 4 is 15.9 Å². The summed E-state index contributed by atoms with van der Waals surface area (Å²) in [5, 5.41) is 3.11. The summed E-state index contributed by atoms with van der Waals surface area (Å²) in [6, 6.07) is 5.81. The molecule has 2 heterocycles. The van der Waals surface area contributed by atoms with Gasteiger partial charge >= 0.3 is 0 Å². The lowest BCUT2D eigenvalue weighted by Crippen LogP contribution is -2.06. The van der Waals surface area contributed by atoms with E-state index < -0.39 is 0 Å². The second-order valence-electron chi connectivity index (χ2n) is 3.93. The fraction of sp³-hybridized carbons (Fsp3) is 0.231. The third-order valence-corrected chi connectivity index (χ3v) is 2.71. The molecule has 0 bridgehead atoms. The zero-order valence-electron chi connectivity index (χ0n) is 10.3. The SMILES string of the molecule is CNCc1cc(C)nc(Oc2cncc(Br)c2)c1. The van der Waals surface area contributed by atoms with Crippen molar-refractivity contribution < 1.29 is 4.74 Å². The maximum Gasteiger partial charge on any atom is 0.219 e. The van der Waals surface area contributed by atoms with Gasteiger partial charge in [0.15, 0.2) is 0 Å². The molecule has 0 fully saturated rings. The van der Waals surface area contributed by atoms with Crippen LogP contribution in [-0.4, -0.2) is 17.0 Å². The number of aromatic nitrogens is 2. The summed E-state index contributed by atoms with van der Waals surface area (Å²) < 4.78 is 6.57. The monoisotopic (exact) mass is 307 g/mol. The molecule has 5 heteroatoms. The van der Waals surface area contributed by atoms with Crippen LogP contribution in [0.4, 0.5) is 0 Å². The molecule has 0 spiro atoms. The Labute approximate surface area is 115 Å². The van der Waals surface area contributed by atoms with E-state index in [1.165, 1.54) is 0 Å². The number of nitrogens with one attached hydrogen (secondary N) is 1. The standard InChI is InChI=1S/C13H14BrN3O/c1-9-3-10(6-15-2)4-13(17-9)18-12-5-11(14)7-16-8-12/h3-5,7-8,15H,6H2,1-2H3. The van der Waals surface area contributed by atoms with E-state index in [2.05, 4.69) is 31.2 Å². The van der Waals surface area contributed by atoms with Crippen LogP contribution >= 0.6 is 15.9 Å². The number of hydrogen-bond donors (Lipinski definition) is 1. The van der Waals surface area contributed by atoms with Crippen LogP contribution in [0.15, 0.2) is 35.1 Å². The zero-order chi connectivity index (χ0) is 13.0. The molecule has 0 amide bonds. The lowest BCUT2D eigenvalue weighted by Gasteiger charge is -2.08. The van der Waals surface area contributed by atoms with Crippen molar-refractivity contribution in [3.8, 4) is 11.6 Å². The molecular weight excluding hydrogens is 294 g/mol. The van der Waals surface area contributed by atoms with E-state index in [-0.39, 0.29) is 0 Å². The van der Waals surface area contributed by atoms with Gasteiger partial charge in [-0.25, -0.2) is 4.98 Å². The van der Waals surface area contributed by atoms with Gasteiger partial charge in [-0.15, -0.1) is 0 Å². The van der Waals surface area contributed by atoms with Crippen molar-refractivity contribution in [3.63, 3.8) is 0 Å². The zero-order valence-corrected chi connectivity index (χ0v) is 11.9. The Morgan fingerprint density at radius 2 is 2.11 bits per heavy atom. The highest BCUT2D eigenvalue weighted by Gasteiger charge is 2.03. The first kappa shape index (κ1) is 13.0. The predicted octanol–water partition coefficient (Wildman–Crippen LogP) is 3.06. The van der Waals surface area contributed by atoms with Gasteiger partial charge in [-0.05, 0) is 47.6 Å². The Hall–Kier alpha value is -1.46. The minimum atomic E-state index is 0.583. The summed E-state index contributed by atoms with van der Waals surface area (Å²) >= 11 is 3.36. The Morgan fingerprint density at radius 3 is 2.83 bits per heavy atom. The molecule has 2 aromatic rings. The van der Waals surface area contributed by atoms with E-state index in [1.807, 2.05) is 32.2 Å². The fourth-order valence-corrected chi connectivity index (χ4v) is 1.98. The first-order valence-corrected chi connectivity index (χ1v) is 6.37. The average Bonchev–Trinajstić information content (AvgIpc) is 2.28. The average molecular weight is 308 g/mol. The third-order valence-electron chi connectivity index (χ3n) is 2.27. The highest BCUT2D eigenvalue weighted by Crippen LogP contribution is 2.22. The van der Waals surface area contributed by atoms with E-state index in [9.17, 15) is 0 Å². The Bertz CT molecular complexity index is 546. The molecule has 0 aliphatic heterocycles. The van der Waals surface area contributed by atoms with Crippen molar-refractivity contribution in [1.29, 1.82) is 0 Å². The van der Waals surface area contributed by atoms with E-state index in [0.29, 0.717) is 11.6 Å². The van der Waals surface area contributed by atoms with Gasteiger partial charge in [0.1, 0.15) is 5.75 Å². The second-order valence-corrected chi connectivity index (χ2v) is 4.84. The molecule has 0 aromatic carbocycles. The number of rotatable bonds is 4. The summed E-state index contributed by atoms with van der Waals surface area (Å²) in [7, 11) is 1.91. The molecule has 0 saturated carbocycles. The molecule has 2 aromatic heterocycles. The van der Waals surface area contributed by atoms with Crippen molar-refractivity contribution in [1.82, 2.24) is 15.3 Å². The minimum absolute atomic E-state index is 0.583.